The van der Waals surface area contributed by atoms with E-state index in [1.165, 1.54) is 0 Å². The zero-order chi connectivity index (χ0) is 10.3. The maximum atomic E-state index is 5.76. The zero-order valence-electron chi connectivity index (χ0n) is 8.63. The van der Waals surface area contributed by atoms with Gasteiger partial charge in [0.1, 0.15) is 5.82 Å². The number of hydrogen-bond acceptors (Lipinski definition) is 3. The summed E-state index contributed by atoms with van der Waals surface area (Å²) in [5.74, 6) is 1.34. The van der Waals surface area contributed by atoms with Crippen LogP contribution in [0, 0.1) is 6.92 Å². The van der Waals surface area contributed by atoms with Gasteiger partial charge in [-0.3, -0.25) is 0 Å². The van der Waals surface area contributed by atoms with Crippen molar-refractivity contribution in [3.63, 3.8) is 0 Å². The Balaban J connectivity index is 2.66. The minimum Gasteiger partial charge on any atom is -0.397 e. The summed E-state index contributed by atoms with van der Waals surface area (Å²) in [5.41, 5.74) is 8.96. The summed E-state index contributed by atoms with van der Waals surface area (Å²) in [7, 11) is 0. The standard InChI is InChI=1S/C10H14N4/c1-5(2)9-13-8-4-7(11)6(3)12-10(8)14-9/h4-5H,11H2,1-3H3,(H,12,13,14). The van der Waals surface area contributed by atoms with Crippen molar-refractivity contribution in [1.82, 2.24) is 15.0 Å². The van der Waals surface area contributed by atoms with Crippen LogP contribution in [0.3, 0.4) is 0 Å². The Hall–Kier alpha value is -1.58. The van der Waals surface area contributed by atoms with E-state index >= 15 is 0 Å². The normalized spacial score (nSPS) is 11.4. The first-order valence-electron chi connectivity index (χ1n) is 4.70. The summed E-state index contributed by atoms with van der Waals surface area (Å²) >= 11 is 0. The van der Waals surface area contributed by atoms with Gasteiger partial charge in [-0.25, -0.2) is 9.97 Å². The van der Waals surface area contributed by atoms with E-state index < -0.39 is 0 Å². The number of imidazole rings is 1. The van der Waals surface area contributed by atoms with E-state index in [9.17, 15) is 0 Å². The number of anilines is 1. The average Bonchev–Trinajstić information content (AvgIpc) is 2.48. The number of rotatable bonds is 1. The molecule has 0 fully saturated rings. The molecule has 4 nitrogen and oxygen atoms in total. The predicted octanol–water partition coefficient (Wildman–Crippen LogP) is 1.97. The van der Waals surface area contributed by atoms with Crippen LogP contribution in [0.5, 0.6) is 0 Å². The second-order valence-corrected chi connectivity index (χ2v) is 3.81. The first-order valence-corrected chi connectivity index (χ1v) is 4.70. The highest BCUT2D eigenvalue weighted by molar-refractivity contribution is 5.75. The number of nitrogens with one attached hydrogen (secondary N) is 1. The van der Waals surface area contributed by atoms with Crippen molar-refractivity contribution >= 4 is 16.9 Å². The number of H-pyrrole nitrogens is 1. The van der Waals surface area contributed by atoms with Crippen molar-refractivity contribution in [3.05, 3.63) is 17.6 Å². The first kappa shape index (κ1) is 8.99. The van der Waals surface area contributed by atoms with Gasteiger partial charge in [-0.2, -0.15) is 0 Å². The van der Waals surface area contributed by atoms with Crippen molar-refractivity contribution in [2.75, 3.05) is 5.73 Å². The number of fused-ring (bicyclic) bond motifs is 1. The summed E-state index contributed by atoms with van der Waals surface area (Å²) in [4.78, 5) is 11.9. The molecule has 0 unspecified atom stereocenters. The highest BCUT2D eigenvalue weighted by atomic mass is 15.0. The molecule has 0 aliphatic carbocycles. The van der Waals surface area contributed by atoms with Crippen molar-refractivity contribution in [2.24, 2.45) is 0 Å². The number of aryl methyl sites for hydroxylation is 1. The van der Waals surface area contributed by atoms with Crippen LogP contribution in [0.25, 0.3) is 11.2 Å². The molecule has 2 aromatic heterocycles. The van der Waals surface area contributed by atoms with Gasteiger partial charge in [0.25, 0.3) is 0 Å². The van der Waals surface area contributed by atoms with Crippen molar-refractivity contribution in [2.45, 2.75) is 26.7 Å². The van der Waals surface area contributed by atoms with Gasteiger partial charge in [0, 0.05) is 5.92 Å². The summed E-state index contributed by atoms with van der Waals surface area (Å²) < 4.78 is 0. The number of aromatic nitrogens is 3. The Bertz CT molecular complexity index is 431. The molecule has 0 saturated heterocycles. The van der Waals surface area contributed by atoms with Crippen LogP contribution < -0.4 is 5.73 Å². The molecule has 0 aliphatic rings. The third-order valence-electron chi connectivity index (χ3n) is 2.27. The maximum Gasteiger partial charge on any atom is 0.178 e. The number of nitrogen functional groups attached to an aromatic ring is 1. The second-order valence-electron chi connectivity index (χ2n) is 3.81. The van der Waals surface area contributed by atoms with Gasteiger partial charge in [0.05, 0.1) is 16.9 Å². The van der Waals surface area contributed by atoms with Crippen LogP contribution in [0.1, 0.15) is 31.3 Å². The number of pyridine rings is 1. The van der Waals surface area contributed by atoms with Gasteiger partial charge in [-0.05, 0) is 13.0 Å². The predicted molar refractivity (Wildman–Crippen MR) is 57.1 cm³/mol. The summed E-state index contributed by atoms with van der Waals surface area (Å²) in [6.07, 6.45) is 0. The molecule has 0 radical (unpaired) electrons. The molecule has 0 aromatic carbocycles. The fourth-order valence-corrected chi connectivity index (χ4v) is 1.34. The Morgan fingerprint density at radius 1 is 1.36 bits per heavy atom. The highest BCUT2D eigenvalue weighted by Gasteiger charge is 2.08. The zero-order valence-corrected chi connectivity index (χ0v) is 8.63. The highest BCUT2D eigenvalue weighted by Crippen LogP contribution is 2.19. The minimum atomic E-state index is 0.380. The molecule has 0 bridgehead atoms. The fourth-order valence-electron chi connectivity index (χ4n) is 1.34. The van der Waals surface area contributed by atoms with Crippen LogP contribution in [-0.2, 0) is 0 Å². The summed E-state index contributed by atoms with van der Waals surface area (Å²) in [6.45, 7) is 6.07. The lowest BCUT2D eigenvalue weighted by atomic mass is 10.2. The average molecular weight is 190 g/mol. The maximum absolute atomic E-state index is 5.76. The quantitative estimate of drug-likeness (QED) is 0.722. The van der Waals surface area contributed by atoms with E-state index in [0.29, 0.717) is 11.6 Å². The fraction of sp³-hybridized carbons (Fsp3) is 0.400. The third kappa shape index (κ3) is 1.32. The molecule has 0 atom stereocenters. The SMILES string of the molecule is Cc1nc2nc(C(C)C)[nH]c2cc1N. The largest absolute Gasteiger partial charge is 0.397 e. The van der Waals surface area contributed by atoms with Gasteiger partial charge >= 0.3 is 0 Å². The summed E-state index contributed by atoms with van der Waals surface area (Å²) in [5, 5.41) is 0. The Kier molecular flexibility index (Phi) is 1.91. The number of nitrogens with zero attached hydrogens (tertiary/aromatic N) is 2. The molecular formula is C10H14N4. The minimum absolute atomic E-state index is 0.380. The van der Waals surface area contributed by atoms with E-state index in [4.69, 9.17) is 5.73 Å². The Morgan fingerprint density at radius 3 is 2.71 bits per heavy atom. The van der Waals surface area contributed by atoms with E-state index in [1.54, 1.807) is 0 Å². The molecule has 14 heavy (non-hydrogen) atoms. The monoisotopic (exact) mass is 190 g/mol. The molecule has 4 heteroatoms. The van der Waals surface area contributed by atoms with Crippen LogP contribution >= 0.6 is 0 Å². The topological polar surface area (TPSA) is 67.6 Å². The first-order chi connectivity index (χ1) is 6.58. The van der Waals surface area contributed by atoms with E-state index in [1.807, 2.05) is 13.0 Å². The van der Waals surface area contributed by atoms with Crippen LogP contribution in [-0.4, -0.2) is 15.0 Å². The Morgan fingerprint density at radius 2 is 2.07 bits per heavy atom. The van der Waals surface area contributed by atoms with Crippen molar-refractivity contribution < 1.29 is 0 Å². The molecule has 0 aliphatic heterocycles. The third-order valence-corrected chi connectivity index (χ3v) is 2.27. The van der Waals surface area contributed by atoms with Crippen LogP contribution in [0.4, 0.5) is 5.69 Å². The van der Waals surface area contributed by atoms with E-state index in [0.717, 1.165) is 22.7 Å². The smallest absolute Gasteiger partial charge is 0.178 e. The lowest BCUT2D eigenvalue weighted by molar-refractivity contribution is 0.798. The van der Waals surface area contributed by atoms with Crippen LogP contribution in [0.15, 0.2) is 6.07 Å². The van der Waals surface area contributed by atoms with Crippen LogP contribution in [0.2, 0.25) is 0 Å². The number of hydrogen-bond donors (Lipinski definition) is 2. The molecule has 2 aromatic rings. The lowest BCUT2D eigenvalue weighted by Gasteiger charge is -1.96. The molecule has 0 spiro atoms. The number of aromatic amines is 1. The molecule has 2 rings (SSSR count). The van der Waals surface area contributed by atoms with Gasteiger partial charge in [0.15, 0.2) is 5.65 Å². The van der Waals surface area contributed by atoms with Crippen molar-refractivity contribution in [1.29, 1.82) is 0 Å². The molecule has 3 N–H and O–H groups in total. The van der Waals surface area contributed by atoms with Gasteiger partial charge in [-0.15, -0.1) is 0 Å². The Labute approximate surface area is 82.6 Å². The number of nitrogens with two attached hydrogens (primary N) is 1. The molecule has 0 amide bonds. The van der Waals surface area contributed by atoms with E-state index in [-0.39, 0.29) is 0 Å². The molecule has 74 valence electrons. The van der Waals surface area contributed by atoms with Gasteiger partial charge in [-0.1, -0.05) is 13.8 Å². The molecule has 2 heterocycles. The molecular weight excluding hydrogens is 176 g/mol. The van der Waals surface area contributed by atoms with E-state index in [2.05, 4.69) is 28.8 Å². The lowest BCUT2D eigenvalue weighted by Crippen LogP contribution is -1.92. The van der Waals surface area contributed by atoms with Gasteiger partial charge < -0.3 is 10.7 Å². The second kappa shape index (κ2) is 2.97. The van der Waals surface area contributed by atoms with Gasteiger partial charge in [0.2, 0.25) is 0 Å². The summed E-state index contributed by atoms with van der Waals surface area (Å²) in [6, 6.07) is 1.89. The van der Waals surface area contributed by atoms with Crippen molar-refractivity contribution in [3.8, 4) is 0 Å². The molecule has 0 saturated carbocycles.